The van der Waals surface area contributed by atoms with Gasteiger partial charge in [0.25, 0.3) is 0 Å². The molecule has 11 heteroatoms. The van der Waals surface area contributed by atoms with Crippen molar-refractivity contribution in [1.29, 1.82) is 0 Å². The molecule has 5 rings (SSSR count). The minimum Gasteiger partial charge on any atom is -0.399 e. The summed E-state index contributed by atoms with van der Waals surface area (Å²) in [7, 11) is 0. The zero-order valence-electron chi connectivity index (χ0n) is 20.7. The van der Waals surface area contributed by atoms with Crippen molar-refractivity contribution in [1.82, 2.24) is 4.98 Å². The standard InChI is InChI=1S/C8H12N2OS.2C7H10N2.C3H4N2S/c9-7-1-2-8(12-7)10-3-5-11-6-4-10;2*1-5-4-6(8)2-3-7(5)9;4-3-5-1-2-6-3/h1-2H,3-6,9H2;2*2-4H,8-9H2,1H3;1-2H,(H2,4,5). The van der Waals surface area contributed by atoms with Gasteiger partial charge in [-0.15, -0.1) is 22.7 Å². The van der Waals surface area contributed by atoms with Crippen molar-refractivity contribution < 1.29 is 4.74 Å². The Bertz CT molecular complexity index is 1130. The van der Waals surface area contributed by atoms with Crippen LogP contribution in [0, 0.1) is 13.8 Å². The molecule has 1 saturated heterocycles. The first-order valence-corrected chi connectivity index (χ1v) is 12.9. The van der Waals surface area contributed by atoms with Gasteiger partial charge in [0.1, 0.15) is 0 Å². The van der Waals surface area contributed by atoms with Crippen molar-refractivity contribution in [3.63, 3.8) is 0 Å². The summed E-state index contributed by atoms with van der Waals surface area (Å²) >= 11 is 3.09. The number of nitrogen functional groups attached to an aromatic ring is 6. The van der Waals surface area contributed by atoms with Crippen LogP contribution < -0.4 is 39.3 Å². The van der Waals surface area contributed by atoms with Gasteiger partial charge in [0.2, 0.25) is 0 Å². The topological polar surface area (TPSA) is 181 Å². The Labute approximate surface area is 220 Å². The number of rotatable bonds is 1. The number of thiophene rings is 1. The molecule has 0 bridgehead atoms. The van der Waals surface area contributed by atoms with E-state index >= 15 is 0 Å². The summed E-state index contributed by atoms with van der Waals surface area (Å²) in [4.78, 5) is 6.02. The third-order valence-corrected chi connectivity index (χ3v) is 6.55. The molecule has 0 radical (unpaired) electrons. The number of morpholine rings is 1. The number of nitrogens with two attached hydrogens (primary N) is 6. The molecule has 0 atom stereocenters. The smallest absolute Gasteiger partial charge is 0.179 e. The Morgan fingerprint density at radius 3 is 1.67 bits per heavy atom. The second-order valence-corrected chi connectivity index (χ2v) is 9.90. The van der Waals surface area contributed by atoms with Crippen LogP contribution in [0.1, 0.15) is 11.1 Å². The summed E-state index contributed by atoms with van der Waals surface area (Å²) in [5, 5.41) is 4.62. The molecule has 0 saturated carbocycles. The van der Waals surface area contributed by atoms with Crippen molar-refractivity contribution in [2.75, 3.05) is 65.6 Å². The summed E-state index contributed by atoms with van der Waals surface area (Å²) in [6.07, 6.45) is 1.68. The average molecular weight is 529 g/mol. The van der Waals surface area contributed by atoms with Gasteiger partial charge in [-0.25, -0.2) is 4.98 Å². The first-order chi connectivity index (χ1) is 17.2. The van der Waals surface area contributed by atoms with E-state index in [0.29, 0.717) is 5.13 Å². The van der Waals surface area contributed by atoms with Crippen LogP contribution in [0.25, 0.3) is 0 Å². The lowest BCUT2D eigenvalue weighted by Crippen LogP contribution is -2.35. The molecule has 1 fully saturated rings. The normalized spacial score (nSPS) is 12.2. The summed E-state index contributed by atoms with van der Waals surface area (Å²) in [5.74, 6) is 0. The number of benzene rings is 2. The molecule has 36 heavy (non-hydrogen) atoms. The Hall–Kier alpha value is -3.67. The van der Waals surface area contributed by atoms with E-state index in [-0.39, 0.29) is 0 Å². The van der Waals surface area contributed by atoms with E-state index in [2.05, 4.69) is 16.0 Å². The predicted molar refractivity (Wildman–Crippen MR) is 158 cm³/mol. The van der Waals surface area contributed by atoms with Gasteiger partial charge in [-0.3, -0.25) is 0 Å². The second-order valence-electron chi connectivity index (χ2n) is 7.88. The van der Waals surface area contributed by atoms with E-state index in [1.54, 1.807) is 29.7 Å². The van der Waals surface area contributed by atoms with Gasteiger partial charge >= 0.3 is 0 Å². The fourth-order valence-corrected chi connectivity index (χ4v) is 4.14. The Kier molecular flexibility index (Phi) is 11.6. The quantitative estimate of drug-likeness (QED) is 0.197. The van der Waals surface area contributed by atoms with Gasteiger partial charge in [0.05, 0.1) is 23.2 Å². The maximum atomic E-state index is 5.65. The van der Waals surface area contributed by atoms with Gasteiger partial charge in [0.15, 0.2) is 5.13 Å². The highest BCUT2D eigenvalue weighted by Crippen LogP contribution is 2.27. The highest BCUT2D eigenvalue weighted by molar-refractivity contribution is 7.19. The van der Waals surface area contributed by atoms with E-state index < -0.39 is 0 Å². The third kappa shape index (κ3) is 10.3. The van der Waals surface area contributed by atoms with E-state index in [4.69, 9.17) is 39.1 Å². The van der Waals surface area contributed by atoms with E-state index in [9.17, 15) is 0 Å². The van der Waals surface area contributed by atoms with Gasteiger partial charge < -0.3 is 44.0 Å². The largest absolute Gasteiger partial charge is 0.399 e. The van der Waals surface area contributed by atoms with Crippen molar-refractivity contribution in [2.45, 2.75) is 13.8 Å². The van der Waals surface area contributed by atoms with Crippen LogP contribution in [0.4, 0.5) is 37.9 Å². The average Bonchev–Trinajstić information content (AvgIpc) is 3.52. The van der Waals surface area contributed by atoms with Gasteiger partial charge in [0, 0.05) is 47.4 Å². The first-order valence-electron chi connectivity index (χ1n) is 11.2. The number of hydrogen-bond acceptors (Lipinski definition) is 11. The minimum atomic E-state index is 0.634. The Morgan fingerprint density at radius 2 is 1.33 bits per heavy atom. The SMILES string of the molecule is Cc1cc(N)ccc1N.Cc1cc(N)ccc1N.Nc1ccc(N2CCOCC2)s1.Nc1nccs1. The molecule has 0 unspecified atom stereocenters. The number of thiazole rings is 1. The second kappa shape index (κ2) is 14.7. The fraction of sp³-hybridized carbons (Fsp3) is 0.240. The summed E-state index contributed by atoms with van der Waals surface area (Å²) in [6, 6.07) is 14.9. The van der Waals surface area contributed by atoms with Crippen LogP contribution in [-0.2, 0) is 4.74 Å². The molecule has 2 aromatic carbocycles. The summed E-state index contributed by atoms with van der Waals surface area (Å²) < 4.78 is 5.26. The van der Waals surface area contributed by atoms with Crippen molar-refractivity contribution in [3.05, 3.63) is 71.2 Å². The predicted octanol–water partition coefficient (Wildman–Crippen LogP) is 4.21. The summed E-state index contributed by atoms with van der Waals surface area (Å²) in [6.45, 7) is 7.51. The van der Waals surface area contributed by atoms with E-state index in [1.807, 2.05) is 49.6 Å². The number of aryl methyl sites for hydroxylation is 2. The van der Waals surface area contributed by atoms with Gasteiger partial charge in [-0.05, 0) is 73.5 Å². The van der Waals surface area contributed by atoms with Gasteiger partial charge in [-0.2, -0.15) is 0 Å². The zero-order valence-corrected chi connectivity index (χ0v) is 22.3. The molecule has 2 aromatic heterocycles. The molecule has 4 aromatic rings. The van der Waals surface area contributed by atoms with Crippen LogP contribution in [0.5, 0.6) is 0 Å². The van der Waals surface area contributed by atoms with Crippen LogP contribution in [0.3, 0.4) is 0 Å². The Morgan fingerprint density at radius 1 is 0.778 bits per heavy atom. The van der Waals surface area contributed by atoms with Crippen LogP contribution in [0.2, 0.25) is 0 Å². The maximum Gasteiger partial charge on any atom is 0.179 e. The molecule has 9 nitrogen and oxygen atoms in total. The molecular formula is C25H36N8OS2. The van der Waals surface area contributed by atoms with E-state index in [1.165, 1.54) is 16.3 Å². The fourth-order valence-electron chi connectivity index (χ4n) is 2.93. The first kappa shape index (κ1) is 28.6. The van der Waals surface area contributed by atoms with E-state index in [0.717, 1.165) is 65.2 Å². The molecular weight excluding hydrogens is 492 g/mol. The highest BCUT2D eigenvalue weighted by atomic mass is 32.1. The van der Waals surface area contributed by atoms with Crippen molar-refractivity contribution >= 4 is 60.6 Å². The number of hydrogen-bond donors (Lipinski definition) is 6. The zero-order chi connectivity index (χ0) is 26.5. The maximum absolute atomic E-state index is 5.65. The van der Waals surface area contributed by atoms with Crippen LogP contribution in [0.15, 0.2) is 60.1 Å². The molecule has 0 amide bonds. The van der Waals surface area contributed by atoms with Gasteiger partial charge in [-0.1, -0.05) is 0 Å². The molecule has 3 heterocycles. The highest BCUT2D eigenvalue weighted by Gasteiger charge is 2.12. The molecule has 12 N–H and O–H groups in total. The van der Waals surface area contributed by atoms with Crippen molar-refractivity contribution in [2.24, 2.45) is 0 Å². The lowest BCUT2D eigenvalue weighted by atomic mass is 10.2. The number of nitrogens with zero attached hydrogens (tertiary/aromatic N) is 2. The lowest BCUT2D eigenvalue weighted by molar-refractivity contribution is 0.123. The molecule has 1 aliphatic heterocycles. The number of ether oxygens (including phenoxy) is 1. The molecule has 194 valence electrons. The molecule has 0 aliphatic carbocycles. The molecule has 1 aliphatic rings. The van der Waals surface area contributed by atoms with Crippen LogP contribution >= 0.6 is 22.7 Å². The molecule has 0 spiro atoms. The third-order valence-electron chi connectivity index (χ3n) is 4.97. The monoisotopic (exact) mass is 528 g/mol. The number of anilines is 7. The lowest BCUT2D eigenvalue weighted by Gasteiger charge is -2.27. The van der Waals surface area contributed by atoms with Crippen molar-refractivity contribution in [3.8, 4) is 0 Å². The minimum absolute atomic E-state index is 0.634. The number of aromatic nitrogens is 1. The Balaban J connectivity index is 0.000000174. The summed E-state index contributed by atoms with van der Waals surface area (Å²) in [5.41, 5.74) is 38.0. The van der Waals surface area contributed by atoms with Crippen LogP contribution in [-0.4, -0.2) is 31.3 Å².